The molecule has 2 aromatic rings. The van der Waals surface area contributed by atoms with Crippen LogP contribution in [-0.4, -0.2) is 47.1 Å². The Hall–Kier alpha value is -2.72. The summed E-state index contributed by atoms with van der Waals surface area (Å²) in [5, 5.41) is 3.10. The molecule has 1 saturated heterocycles. The van der Waals surface area contributed by atoms with Crippen LogP contribution in [0.4, 0.5) is 10.1 Å². The molecule has 2 aliphatic heterocycles. The van der Waals surface area contributed by atoms with Crippen molar-refractivity contribution in [3.8, 4) is 5.75 Å². The first-order chi connectivity index (χ1) is 13.9. The van der Waals surface area contributed by atoms with E-state index in [9.17, 15) is 9.18 Å². The summed E-state index contributed by atoms with van der Waals surface area (Å²) in [5.41, 5.74) is 5.37. The average molecular weight is 417 g/mol. The van der Waals surface area contributed by atoms with Crippen LogP contribution in [0.5, 0.6) is 5.75 Å². The molecule has 0 aliphatic carbocycles. The monoisotopic (exact) mass is 417 g/mol. The van der Waals surface area contributed by atoms with Crippen LogP contribution >= 0.6 is 11.8 Å². The van der Waals surface area contributed by atoms with Crippen LogP contribution in [-0.2, 0) is 10.3 Å². The molecule has 3 heterocycles. The molecule has 0 unspecified atom stereocenters. The minimum absolute atomic E-state index is 0.0276. The second kappa shape index (κ2) is 7.27. The topological polar surface area (TPSA) is 112 Å². The lowest BCUT2D eigenvalue weighted by atomic mass is 9.70. The van der Waals surface area contributed by atoms with Crippen molar-refractivity contribution in [3.05, 3.63) is 47.8 Å². The number of halogens is 1. The highest BCUT2D eigenvalue weighted by atomic mass is 32.2. The van der Waals surface area contributed by atoms with Crippen LogP contribution in [0.15, 0.2) is 35.6 Å². The number of nitrogens with two attached hydrogens (primary N) is 1. The van der Waals surface area contributed by atoms with E-state index in [1.54, 1.807) is 6.07 Å². The maximum atomic E-state index is 14.9. The lowest BCUT2D eigenvalue weighted by molar-refractivity contribution is 0.101. The summed E-state index contributed by atoms with van der Waals surface area (Å²) in [6.07, 6.45) is 2.80. The molecule has 0 bridgehead atoms. The van der Waals surface area contributed by atoms with Gasteiger partial charge in [0.1, 0.15) is 11.4 Å². The van der Waals surface area contributed by atoms with E-state index >= 15 is 0 Å². The molecular weight excluding hydrogens is 397 g/mol. The summed E-state index contributed by atoms with van der Waals surface area (Å²) in [7, 11) is 1.48. The number of aromatic nitrogens is 2. The van der Waals surface area contributed by atoms with Gasteiger partial charge in [0, 0.05) is 22.4 Å². The second-order valence-electron chi connectivity index (χ2n) is 7.25. The van der Waals surface area contributed by atoms with Crippen LogP contribution in [0.1, 0.15) is 23.1 Å². The number of aliphatic imine (C=N–C) groups is 1. The Balaban J connectivity index is 1.67. The Morgan fingerprint density at radius 1 is 1.34 bits per heavy atom. The number of rotatable bonds is 4. The molecule has 2 aliphatic rings. The summed E-state index contributed by atoms with van der Waals surface area (Å²) < 4.78 is 25.6. The van der Waals surface area contributed by atoms with Gasteiger partial charge in [0.05, 0.1) is 32.7 Å². The van der Waals surface area contributed by atoms with E-state index in [-0.39, 0.29) is 12.4 Å². The summed E-state index contributed by atoms with van der Waals surface area (Å²) in [4.78, 5) is 25.0. The van der Waals surface area contributed by atoms with E-state index in [1.807, 2.05) is 6.92 Å². The third-order valence-electron chi connectivity index (χ3n) is 5.31. The van der Waals surface area contributed by atoms with Crippen molar-refractivity contribution in [1.82, 2.24) is 9.97 Å². The molecule has 8 nitrogen and oxygen atoms in total. The predicted molar refractivity (Wildman–Crippen MR) is 108 cm³/mol. The standard InChI is InChI=1S/C19H20FN5O3S/c1-18-8-28-9-19(18,25-17(21)29-10-18)13-5-11(3-4-14(13)20)24-16(26)15-22-6-12(27-2)7-23-15/h3-7H,8-10H2,1-2H3,(H2,21,25)(H,24,26)/t18-,19+/m0/s1. The fourth-order valence-corrected chi connectivity index (χ4v) is 4.62. The summed E-state index contributed by atoms with van der Waals surface area (Å²) >= 11 is 1.44. The minimum Gasteiger partial charge on any atom is -0.494 e. The summed E-state index contributed by atoms with van der Waals surface area (Å²) in [6.45, 7) is 2.69. The average Bonchev–Trinajstić information content (AvgIpc) is 3.06. The van der Waals surface area contributed by atoms with Crippen molar-refractivity contribution < 1.29 is 18.7 Å². The molecule has 0 spiro atoms. The summed E-state index contributed by atoms with van der Waals surface area (Å²) in [6, 6.07) is 4.37. The third kappa shape index (κ3) is 3.32. The molecule has 10 heteroatoms. The molecule has 0 radical (unpaired) electrons. The molecule has 152 valence electrons. The number of hydrogen-bond donors (Lipinski definition) is 2. The molecule has 4 rings (SSSR count). The first-order valence-electron chi connectivity index (χ1n) is 8.90. The number of amides is 1. The number of hydrogen-bond acceptors (Lipinski definition) is 8. The summed E-state index contributed by atoms with van der Waals surface area (Å²) in [5.74, 6) is 0.133. The van der Waals surface area contributed by atoms with Gasteiger partial charge >= 0.3 is 0 Å². The zero-order chi connectivity index (χ0) is 20.6. The highest BCUT2D eigenvalue weighted by molar-refractivity contribution is 8.13. The highest BCUT2D eigenvalue weighted by Crippen LogP contribution is 2.53. The van der Waals surface area contributed by atoms with E-state index in [2.05, 4.69) is 20.3 Å². The van der Waals surface area contributed by atoms with Crippen molar-refractivity contribution in [2.24, 2.45) is 16.1 Å². The largest absolute Gasteiger partial charge is 0.494 e. The zero-order valence-electron chi connectivity index (χ0n) is 15.9. The van der Waals surface area contributed by atoms with Gasteiger partial charge in [-0.15, -0.1) is 0 Å². The zero-order valence-corrected chi connectivity index (χ0v) is 16.8. The Labute approximate surface area is 171 Å². The van der Waals surface area contributed by atoms with E-state index in [4.69, 9.17) is 15.2 Å². The van der Waals surface area contributed by atoms with E-state index < -0.39 is 22.7 Å². The number of thioether (sulfide) groups is 1. The predicted octanol–water partition coefficient (Wildman–Crippen LogP) is 2.17. The number of methoxy groups -OCH3 is 1. The maximum Gasteiger partial charge on any atom is 0.293 e. The second-order valence-corrected chi connectivity index (χ2v) is 8.24. The van der Waals surface area contributed by atoms with Gasteiger partial charge in [0.15, 0.2) is 10.9 Å². The van der Waals surface area contributed by atoms with Gasteiger partial charge in [0.2, 0.25) is 5.82 Å². The number of fused-ring (bicyclic) bond motifs is 1. The molecular formula is C19H20FN5O3S. The number of ether oxygens (including phenoxy) is 2. The Kier molecular flexibility index (Phi) is 4.91. The van der Waals surface area contributed by atoms with Crippen molar-refractivity contribution >= 4 is 28.5 Å². The fourth-order valence-electron chi connectivity index (χ4n) is 3.61. The van der Waals surface area contributed by atoms with Crippen LogP contribution in [0.3, 0.4) is 0 Å². The molecule has 1 fully saturated rings. The van der Waals surface area contributed by atoms with Crippen LogP contribution in [0, 0.1) is 11.2 Å². The van der Waals surface area contributed by atoms with Gasteiger partial charge in [-0.1, -0.05) is 18.7 Å². The van der Waals surface area contributed by atoms with Gasteiger partial charge in [-0.3, -0.25) is 4.79 Å². The Morgan fingerprint density at radius 2 is 2.10 bits per heavy atom. The van der Waals surface area contributed by atoms with Crippen LogP contribution < -0.4 is 15.8 Å². The first kappa shape index (κ1) is 19.6. The van der Waals surface area contributed by atoms with Crippen LogP contribution in [0.2, 0.25) is 0 Å². The van der Waals surface area contributed by atoms with E-state index in [1.165, 1.54) is 43.4 Å². The minimum atomic E-state index is -0.941. The Bertz CT molecular complexity index is 986. The SMILES string of the molecule is COc1cnc(C(=O)Nc2ccc(F)c([C@]34COC[C@@]3(C)CSC(N)=N4)c2)nc1. The van der Waals surface area contributed by atoms with Crippen molar-refractivity contribution in [1.29, 1.82) is 0 Å². The number of carbonyl (C=O) groups is 1. The first-order valence-corrected chi connectivity index (χ1v) is 9.89. The van der Waals surface area contributed by atoms with Gasteiger partial charge in [-0.2, -0.15) is 0 Å². The van der Waals surface area contributed by atoms with Gasteiger partial charge in [0.25, 0.3) is 5.91 Å². The van der Waals surface area contributed by atoms with Crippen molar-refractivity contribution in [2.45, 2.75) is 12.5 Å². The van der Waals surface area contributed by atoms with E-state index in [0.717, 1.165) is 0 Å². The van der Waals surface area contributed by atoms with Crippen molar-refractivity contribution in [2.75, 3.05) is 31.4 Å². The maximum absolute atomic E-state index is 14.9. The lowest BCUT2D eigenvalue weighted by Crippen LogP contribution is -2.48. The van der Waals surface area contributed by atoms with Crippen LogP contribution in [0.25, 0.3) is 0 Å². The molecule has 2 atom stereocenters. The number of nitrogens with zero attached hydrogens (tertiary/aromatic N) is 3. The fraction of sp³-hybridized carbons (Fsp3) is 0.368. The number of anilines is 1. The number of carbonyl (C=O) groups excluding carboxylic acids is 1. The quantitative estimate of drug-likeness (QED) is 0.784. The highest BCUT2D eigenvalue weighted by Gasteiger charge is 2.57. The molecule has 1 aromatic carbocycles. The number of amidine groups is 1. The molecule has 3 N–H and O–H groups in total. The number of nitrogens with one attached hydrogen (secondary N) is 1. The van der Waals surface area contributed by atoms with Gasteiger partial charge in [-0.05, 0) is 18.2 Å². The Morgan fingerprint density at radius 3 is 2.83 bits per heavy atom. The normalized spacial score (nSPS) is 25.8. The molecule has 1 aromatic heterocycles. The van der Waals surface area contributed by atoms with E-state index in [0.29, 0.717) is 34.5 Å². The molecule has 1 amide bonds. The number of benzene rings is 1. The molecule has 29 heavy (non-hydrogen) atoms. The van der Waals surface area contributed by atoms with Crippen molar-refractivity contribution in [3.63, 3.8) is 0 Å². The lowest BCUT2D eigenvalue weighted by Gasteiger charge is -2.42. The molecule has 0 saturated carbocycles. The van der Waals surface area contributed by atoms with Gasteiger partial charge in [-0.25, -0.2) is 19.4 Å². The van der Waals surface area contributed by atoms with Gasteiger partial charge < -0.3 is 20.5 Å². The smallest absolute Gasteiger partial charge is 0.293 e. The third-order valence-corrected chi connectivity index (χ3v) is 6.47.